The van der Waals surface area contributed by atoms with E-state index in [1.165, 1.54) is 12.1 Å². The monoisotopic (exact) mass is 362 g/mol. The van der Waals surface area contributed by atoms with Crippen molar-refractivity contribution in [3.05, 3.63) is 39.7 Å². The molecule has 0 aliphatic rings. The number of nitrogens with one attached hydrogen (secondary N) is 1. The van der Waals surface area contributed by atoms with Gasteiger partial charge in [-0.1, -0.05) is 0 Å². The number of hydrogen-bond acceptors (Lipinski definition) is 5. The molecule has 0 spiro atoms. The molecular weight excluding hydrogens is 352 g/mol. The summed E-state index contributed by atoms with van der Waals surface area (Å²) in [6.45, 7) is -0.0243. The Labute approximate surface area is 123 Å². The number of benzene rings is 1. The minimum absolute atomic E-state index is 0.00199. The lowest BCUT2D eigenvalue weighted by Crippen LogP contribution is -2.22. The molecule has 1 aromatic carbocycles. The van der Waals surface area contributed by atoms with E-state index >= 15 is 0 Å². The largest absolute Gasteiger partial charge is 0.508 e. The van der Waals surface area contributed by atoms with E-state index in [1.807, 2.05) is 0 Å². The Morgan fingerprint density at radius 1 is 1.37 bits per heavy atom. The lowest BCUT2D eigenvalue weighted by atomic mass is 10.2. The fourth-order valence-corrected chi connectivity index (χ4v) is 4.84. The van der Waals surface area contributed by atoms with Crippen LogP contribution in [-0.2, 0) is 16.6 Å². The Balaban J connectivity index is 2.19. The van der Waals surface area contributed by atoms with Crippen molar-refractivity contribution in [2.24, 2.45) is 0 Å². The molecule has 19 heavy (non-hydrogen) atoms. The van der Waals surface area contributed by atoms with Gasteiger partial charge in [-0.05, 0) is 45.6 Å². The Morgan fingerprint density at radius 2 is 2.11 bits per heavy atom. The summed E-state index contributed by atoms with van der Waals surface area (Å²) in [4.78, 5) is 0. The van der Waals surface area contributed by atoms with Crippen LogP contribution in [0.25, 0.3) is 0 Å². The van der Waals surface area contributed by atoms with E-state index in [-0.39, 0.29) is 16.5 Å². The Morgan fingerprint density at radius 3 is 2.74 bits per heavy atom. The number of nitrogens with two attached hydrogens (primary N) is 1. The van der Waals surface area contributed by atoms with Crippen molar-refractivity contribution < 1.29 is 13.5 Å². The van der Waals surface area contributed by atoms with E-state index in [4.69, 9.17) is 5.73 Å². The molecule has 0 radical (unpaired) electrons. The number of sulfonamides is 1. The molecule has 4 N–H and O–H groups in total. The lowest BCUT2D eigenvalue weighted by molar-refractivity contribution is 0.467. The van der Waals surface area contributed by atoms with Crippen molar-refractivity contribution in [2.45, 2.75) is 10.8 Å². The molecule has 0 saturated heterocycles. The summed E-state index contributed by atoms with van der Waals surface area (Å²) in [6, 6.07) is 6.17. The fraction of sp³-hybridized carbons (Fsp3) is 0.0909. The number of rotatable bonds is 4. The van der Waals surface area contributed by atoms with Crippen LogP contribution >= 0.6 is 27.3 Å². The number of phenols is 1. The van der Waals surface area contributed by atoms with Gasteiger partial charge in [-0.2, -0.15) is 0 Å². The molecule has 1 heterocycles. The molecule has 0 amide bonds. The van der Waals surface area contributed by atoms with Gasteiger partial charge in [0.2, 0.25) is 0 Å². The SMILES string of the molecule is Nc1ccc(O)c(CNS(=O)(=O)c2sccc2Br)c1. The lowest BCUT2D eigenvalue weighted by Gasteiger charge is -2.08. The first-order valence-corrected chi connectivity index (χ1v) is 8.36. The van der Waals surface area contributed by atoms with Gasteiger partial charge in [0.1, 0.15) is 9.96 Å². The first kappa shape index (κ1) is 14.3. The Bertz CT molecular complexity index is 698. The molecule has 0 unspecified atom stereocenters. The zero-order valence-electron chi connectivity index (χ0n) is 9.63. The average Bonchev–Trinajstić information content (AvgIpc) is 2.78. The van der Waals surface area contributed by atoms with Gasteiger partial charge >= 0.3 is 0 Å². The van der Waals surface area contributed by atoms with Gasteiger partial charge in [0.25, 0.3) is 10.0 Å². The van der Waals surface area contributed by atoms with Crippen LogP contribution < -0.4 is 10.5 Å². The highest BCUT2D eigenvalue weighted by Gasteiger charge is 2.19. The Hall–Kier alpha value is -1.09. The van der Waals surface area contributed by atoms with E-state index in [0.29, 0.717) is 15.7 Å². The van der Waals surface area contributed by atoms with E-state index in [9.17, 15) is 13.5 Å². The summed E-state index contributed by atoms with van der Waals surface area (Å²) in [5.74, 6) is 0.00199. The summed E-state index contributed by atoms with van der Waals surface area (Å²) < 4.78 is 27.2. The second-order valence-electron chi connectivity index (χ2n) is 3.77. The van der Waals surface area contributed by atoms with Crippen LogP contribution in [0, 0.1) is 0 Å². The highest BCUT2D eigenvalue weighted by Crippen LogP contribution is 2.28. The predicted octanol–water partition coefficient (Wildman–Crippen LogP) is 2.28. The van der Waals surface area contributed by atoms with Crippen LogP contribution in [0.1, 0.15) is 5.56 Å². The van der Waals surface area contributed by atoms with E-state index in [0.717, 1.165) is 11.3 Å². The zero-order valence-corrected chi connectivity index (χ0v) is 12.8. The van der Waals surface area contributed by atoms with Gasteiger partial charge in [-0.3, -0.25) is 0 Å². The van der Waals surface area contributed by atoms with E-state index in [1.54, 1.807) is 17.5 Å². The van der Waals surface area contributed by atoms with Gasteiger partial charge in [-0.15, -0.1) is 11.3 Å². The van der Waals surface area contributed by atoms with Gasteiger partial charge in [-0.25, -0.2) is 13.1 Å². The van der Waals surface area contributed by atoms with E-state index < -0.39 is 10.0 Å². The van der Waals surface area contributed by atoms with Gasteiger partial charge < -0.3 is 10.8 Å². The summed E-state index contributed by atoms with van der Waals surface area (Å²) in [6.07, 6.45) is 0. The molecule has 0 bridgehead atoms. The van der Waals surface area contributed by atoms with Crippen LogP contribution in [0.2, 0.25) is 0 Å². The number of nitrogen functional groups attached to an aromatic ring is 1. The number of aromatic hydroxyl groups is 1. The highest BCUT2D eigenvalue weighted by atomic mass is 79.9. The van der Waals surface area contributed by atoms with Crippen LogP contribution in [0.5, 0.6) is 5.75 Å². The summed E-state index contributed by atoms with van der Waals surface area (Å²) in [7, 11) is -3.61. The van der Waals surface area contributed by atoms with Crippen molar-refractivity contribution in [3.63, 3.8) is 0 Å². The van der Waals surface area contributed by atoms with Crippen LogP contribution in [0.3, 0.4) is 0 Å². The third-order valence-corrected chi connectivity index (χ3v) is 6.46. The normalized spacial score (nSPS) is 11.6. The zero-order chi connectivity index (χ0) is 14.0. The van der Waals surface area contributed by atoms with Crippen molar-refractivity contribution in [1.29, 1.82) is 0 Å². The standard InChI is InChI=1S/C11H11BrN2O3S2/c12-9-3-4-18-11(9)19(16,17)14-6-7-5-8(13)1-2-10(7)15/h1-5,14-15H,6,13H2. The molecule has 102 valence electrons. The predicted molar refractivity (Wildman–Crippen MR) is 78.6 cm³/mol. The molecular formula is C11H11BrN2O3S2. The smallest absolute Gasteiger partial charge is 0.251 e. The molecule has 2 rings (SSSR count). The topological polar surface area (TPSA) is 92.4 Å². The van der Waals surface area contributed by atoms with E-state index in [2.05, 4.69) is 20.7 Å². The van der Waals surface area contributed by atoms with Gasteiger partial charge in [0, 0.05) is 22.3 Å². The number of halogens is 1. The van der Waals surface area contributed by atoms with Crippen LogP contribution in [-0.4, -0.2) is 13.5 Å². The first-order chi connectivity index (χ1) is 8.90. The van der Waals surface area contributed by atoms with Crippen molar-refractivity contribution >= 4 is 43.0 Å². The maximum atomic E-state index is 12.0. The summed E-state index contributed by atoms with van der Waals surface area (Å²) in [5.41, 5.74) is 6.48. The van der Waals surface area contributed by atoms with Crippen molar-refractivity contribution in [1.82, 2.24) is 4.72 Å². The van der Waals surface area contributed by atoms with Crippen LogP contribution in [0.15, 0.2) is 38.3 Å². The molecule has 0 aliphatic carbocycles. The van der Waals surface area contributed by atoms with Crippen molar-refractivity contribution in [3.8, 4) is 5.75 Å². The van der Waals surface area contributed by atoms with Crippen LogP contribution in [0.4, 0.5) is 5.69 Å². The number of hydrogen-bond donors (Lipinski definition) is 3. The van der Waals surface area contributed by atoms with Gasteiger partial charge in [0.15, 0.2) is 0 Å². The molecule has 1 aromatic heterocycles. The highest BCUT2D eigenvalue weighted by molar-refractivity contribution is 9.10. The Kier molecular flexibility index (Phi) is 4.14. The molecule has 0 saturated carbocycles. The third-order valence-electron chi connectivity index (χ3n) is 2.38. The minimum atomic E-state index is -3.61. The number of anilines is 1. The fourth-order valence-electron chi connectivity index (χ4n) is 1.46. The quantitative estimate of drug-likeness (QED) is 0.574. The minimum Gasteiger partial charge on any atom is -0.508 e. The average molecular weight is 363 g/mol. The maximum Gasteiger partial charge on any atom is 0.251 e. The molecule has 2 aromatic rings. The van der Waals surface area contributed by atoms with Gasteiger partial charge in [0.05, 0.1) is 0 Å². The molecule has 8 heteroatoms. The molecule has 5 nitrogen and oxygen atoms in total. The molecule has 0 aliphatic heterocycles. The molecule has 0 atom stereocenters. The maximum absolute atomic E-state index is 12.0. The summed E-state index contributed by atoms with van der Waals surface area (Å²) in [5, 5.41) is 11.3. The molecule has 0 fully saturated rings. The number of phenolic OH excluding ortho intramolecular Hbond substituents is 1. The van der Waals surface area contributed by atoms with Crippen molar-refractivity contribution in [2.75, 3.05) is 5.73 Å². The number of thiophene rings is 1. The summed E-state index contributed by atoms with van der Waals surface area (Å²) >= 11 is 4.29. The third kappa shape index (κ3) is 3.27. The second kappa shape index (κ2) is 5.49. The second-order valence-corrected chi connectivity index (χ2v) is 7.50. The first-order valence-electron chi connectivity index (χ1n) is 5.20.